The van der Waals surface area contributed by atoms with Gasteiger partial charge in [0.1, 0.15) is 11.5 Å². The van der Waals surface area contributed by atoms with Crippen LogP contribution >= 0.6 is 11.6 Å². The SMILES string of the molecule is COCOc1cc2c(c(OCOC)c1C=CCCl)C(=O)c1ccccc1C2=O. The number of hydrogen-bond acceptors (Lipinski definition) is 6. The Hall–Kier alpha value is -2.67. The van der Waals surface area contributed by atoms with E-state index < -0.39 is 0 Å². The summed E-state index contributed by atoms with van der Waals surface area (Å²) in [5.74, 6) is 0.228. The molecule has 6 nitrogen and oxygen atoms in total. The lowest BCUT2D eigenvalue weighted by Crippen LogP contribution is -2.23. The Morgan fingerprint density at radius 1 is 0.929 bits per heavy atom. The van der Waals surface area contributed by atoms with Gasteiger partial charge in [0.15, 0.2) is 25.2 Å². The molecule has 0 radical (unpaired) electrons. The van der Waals surface area contributed by atoms with Crippen molar-refractivity contribution in [3.05, 3.63) is 64.2 Å². The molecule has 0 amide bonds. The Kier molecular flexibility index (Phi) is 6.46. The monoisotopic (exact) mass is 402 g/mol. The summed E-state index contributed by atoms with van der Waals surface area (Å²) in [7, 11) is 2.95. The summed E-state index contributed by atoms with van der Waals surface area (Å²) >= 11 is 5.79. The highest BCUT2D eigenvalue weighted by molar-refractivity contribution is 6.29. The number of alkyl halides is 1. The molecule has 28 heavy (non-hydrogen) atoms. The Morgan fingerprint density at radius 2 is 1.57 bits per heavy atom. The van der Waals surface area contributed by atoms with Crippen LogP contribution in [0, 0.1) is 0 Å². The third-order valence-electron chi connectivity index (χ3n) is 4.20. The van der Waals surface area contributed by atoms with Crippen molar-refractivity contribution >= 4 is 29.2 Å². The van der Waals surface area contributed by atoms with Gasteiger partial charge < -0.3 is 18.9 Å². The van der Waals surface area contributed by atoms with Crippen molar-refractivity contribution in [2.75, 3.05) is 33.7 Å². The van der Waals surface area contributed by atoms with Crippen LogP contribution in [0.5, 0.6) is 11.5 Å². The molecular formula is C21H19ClO6. The fraction of sp³-hybridized carbons (Fsp3) is 0.238. The van der Waals surface area contributed by atoms with E-state index in [1.165, 1.54) is 20.3 Å². The second-order valence-corrected chi connectivity index (χ2v) is 6.21. The summed E-state index contributed by atoms with van der Waals surface area (Å²) in [5.41, 5.74) is 1.55. The summed E-state index contributed by atoms with van der Waals surface area (Å²) in [6.45, 7) is -0.145. The van der Waals surface area contributed by atoms with Crippen LogP contribution in [0.3, 0.4) is 0 Å². The average molecular weight is 403 g/mol. The number of fused-ring (bicyclic) bond motifs is 2. The quantitative estimate of drug-likeness (QED) is 0.423. The number of carbonyl (C=O) groups excluding carboxylic acids is 2. The van der Waals surface area contributed by atoms with Crippen LogP contribution < -0.4 is 9.47 Å². The molecule has 3 rings (SSSR count). The summed E-state index contributed by atoms with van der Waals surface area (Å²) in [6, 6.07) is 8.23. The minimum absolute atomic E-state index is 0.0387. The summed E-state index contributed by atoms with van der Waals surface area (Å²) in [4.78, 5) is 26.3. The molecular weight excluding hydrogens is 384 g/mol. The predicted octanol–water partition coefficient (Wildman–Crippen LogP) is 3.68. The summed E-state index contributed by atoms with van der Waals surface area (Å²) < 4.78 is 21.4. The molecule has 0 atom stereocenters. The van der Waals surface area contributed by atoms with Crippen molar-refractivity contribution in [2.24, 2.45) is 0 Å². The maximum atomic E-state index is 13.2. The molecule has 0 heterocycles. The maximum absolute atomic E-state index is 13.2. The number of carbonyl (C=O) groups is 2. The number of benzene rings is 2. The number of ether oxygens (including phenoxy) is 4. The normalized spacial score (nSPS) is 12.8. The molecule has 0 spiro atoms. The minimum Gasteiger partial charge on any atom is -0.467 e. The average Bonchev–Trinajstić information content (AvgIpc) is 2.72. The Labute approximate surface area is 167 Å². The van der Waals surface area contributed by atoms with Crippen LogP contribution in [0.25, 0.3) is 6.08 Å². The molecule has 0 aromatic heterocycles. The van der Waals surface area contributed by atoms with E-state index in [2.05, 4.69) is 0 Å². The highest BCUT2D eigenvalue weighted by Gasteiger charge is 2.35. The van der Waals surface area contributed by atoms with Gasteiger partial charge in [0.05, 0.1) is 11.1 Å². The molecule has 2 aromatic rings. The standard InChI is InChI=1S/C21H19ClO6/c1-25-11-27-17-10-16-18(21(28-12-26-2)15(17)8-5-9-22)20(24)14-7-4-3-6-13(14)19(16)23/h3-8,10H,9,11-12H2,1-2H3. The molecule has 7 heteroatoms. The van der Waals surface area contributed by atoms with Gasteiger partial charge in [-0.2, -0.15) is 0 Å². The number of methoxy groups -OCH3 is 2. The van der Waals surface area contributed by atoms with E-state index >= 15 is 0 Å². The fourth-order valence-corrected chi connectivity index (χ4v) is 3.13. The molecule has 0 unspecified atom stereocenters. The van der Waals surface area contributed by atoms with E-state index in [1.54, 1.807) is 36.4 Å². The van der Waals surface area contributed by atoms with Gasteiger partial charge >= 0.3 is 0 Å². The highest BCUT2D eigenvalue weighted by atomic mass is 35.5. The Balaban J connectivity index is 2.28. The third-order valence-corrected chi connectivity index (χ3v) is 4.38. The zero-order valence-electron chi connectivity index (χ0n) is 15.5. The van der Waals surface area contributed by atoms with Gasteiger partial charge in [-0.1, -0.05) is 36.4 Å². The summed E-state index contributed by atoms with van der Waals surface area (Å²) in [6.07, 6.45) is 3.37. The smallest absolute Gasteiger partial charge is 0.198 e. The number of hydrogen-bond donors (Lipinski definition) is 0. The lowest BCUT2D eigenvalue weighted by atomic mass is 9.82. The molecule has 146 valence electrons. The molecule has 1 aliphatic carbocycles. The van der Waals surface area contributed by atoms with E-state index in [4.69, 9.17) is 30.5 Å². The van der Waals surface area contributed by atoms with Gasteiger partial charge in [0, 0.05) is 36.8 Å². The van der Waals surface area contributed by atoms with Gasteiger partial charge in [0.25, 0.3) is 0 Å². The van der Waals surface area contributed by atoms with Crippen molar-refractivity contribution in [2.45, 2.75) is 0 Å². The first-order valence-electron chi connectivity index (χ1n) is 8.49. The number of rotatable bonds is 8. The van der Waals surface area contributed by atoms with Gasteiger partial charge in [-0.3, -0.25) is 9.59 Å². The molecule has 2 aromatic carbocycles. The van der Waals surface area contributed by atoms with Crippen molar-refractivity contribution in [3.63, 3.8) is 0 Å². The second kappa shape index (κ2) is 9.01. The Morgan fingerprint density at radius 3 is 2.21 bits per heavy atom. The predicted molar refractivity (Wildman–Crippen MR) is 105 cm³/mol. The van der Waals surface area contributed by atoms with Crippen molar-refractivity contribution in [3.8, 4) is 11.5 Å². The lowest BCUT2D eigenvalue weighted by Gasteiger charge is -2.23. The van der Waals surface area contributed by atoms with Crippen LogP contribution in [0.2, 0.25) is 0 Å². The summed E-state index contributed by atoms with van der Waals surface area (Å²) in [5, 5.41) is 0. The number of allylic oxidation sites excluding steroid dienone is 1. The third kappa shape index (κ3) is 3.67. The van der Waals surface area contributed by atoms with Crippen LogP contribution in [0.1, 0.15) is 37.4 Å². The molecule has 0 N–H and O–H groups in total. The fourth-order valence-electron chi connectivity index (χ4n) is 3.04. The van der Waals surface area contributed by atoms with Crippen molar-refractivity contribution in [1.82, 2.24) is 0 Å². The largest absolute Gasteiger partial charge is 0.467 e. The first-order chi connectivity index (χ1) is 13.6. The van der Waals surface area contributed by atoms with E-state index in [0.717, 1.165) is 0 Å². The van der Waals surface area contributed by atoms with Gasteiger partial charge in [0.2, 0.25) is 0 Å². The highest BCUT2D eigenvalue weighted by Crippen LogP contribution is 2.41. The molecule has 0 aliphatic heterocycles. The van der Waals surface area contributed by atoms with Crippen LogP contribution in [0.15, 0.2) is 36.4 Å². The molecule has 1 aliphatic rings. The van der Waals surface area contributed by atoms with E-state index in [-0.39, 0.29) is 47.9 Å². The minimum atomic E-state index is -0.296. The van der Waals surface area contributed by atoms with Crippen LogP contribution in [-0.4, -0.2) is 45.3 Å². The van der Waals surface area contributed by atoms with E-state index in [1.807, 2.05) is 0 Å². The molecule has 0 saturated carbocycles. The maximum Gasteiger partial charge on any atom is 0.198 e. The van der Waals surface area contributed by atoms with E-state index in [0.29, 0.717) is 22.4 Å². The molecule has 0 bridgehead atoms. The first kappa shape index (κ1) is 20.1. The van der Waals surface area contributed by atoms with Crippen LogP contribution in [-0.2, 0) is 9.47 Å². The Bertz CT molecular complexity index is 935. The zero-order valence-corrected chi connectivity index (χ0v) is 16.2. The van der Waals surface area contributed by atoms with Crippen molar-refractivity contribution < 1.29 is 28.5 Å². The second-order valence-electron chi connectivity index (χ2n) is 5.90. The first-order valence-corrected chi connectivity index (χ1v) is 9.02. The molecule has 0 fully saturated rings. The lowest BCUT2D eigenvalue weighted by molar-refractivity contribution is 0.0450. The topological polar surface area (TPSA) is 71.1 Å². The number of ketones is 2. The van der Waals surface area contributed by atoms with Gasteiger partial charge in [-0.05, 0) is 6.07 Å². The van der Waals surface area contributed by atoms with E-state index in [9.17, 15) is 9.59 Å². The van der Waals surface area contributed by atoms with Crippen molar-refractivity contribution in [1.29, 1.82) is 0 Å². The van der Waals surface area contributed by atoms with Gasteiger partial charge in [-0.25, -0.2) is 0 Å². The molecule has 0 saturated heterocycles. The number of halogens is 1. The van der Waals surface area contributed by atoms with Gasteiger partial charge in [-0.15, -0.1) is 11.6 Å². The van der Waals surface area contributed by atoms with Crippen LogP contribution in [0.4, 0.5) is 0 Å². The zero-order chi connectivity index (χ0) is 20.1.